The number of carbonyl (C=O) groups is 1. The molecule has 178 valence electrons. The van der Waals surface area contributed by atoms with Crippen molar-refractivity contribution in [3.8, 4) is 5.88 Å². The second-order valence-corrected chi connectivity index (χ2v) is 10.2. The van der Waals surface area contributed by atoms with Gasteiger partial charge in [0.25, 0.3) is 0 Å². The van der Waals surface area contributed by atoms with Crippen LogP contribution in [0.4, 0.5) is 11.6 Å². The van der Waals surface area contributed by atoms with Crippen LogP contribution in [0.1, 0.15) is 81.0 Å². The molecule has 2 aliphatic rings. The first-order chi connectivity index (χ1) is 16.1. The van der Waals surface area contributed by atoms with E-state index in [1.54, 1.807) is 24.5 Å². The van der Waals surface area contributed by atoms with Gasteiger partial charge in [0.2, 0.25) is 5.88 Å². The van der Waals surface area contributed by atoms with Crippen molar-refractivity contribution >= 4 is 28.4 Å². The second kappa shape index (κ2) is 8.20. The van der Waals surface area contributed by atoms with E-state index in [9.17, 15) is 4.79 Å². The summed E-state index contributed by atoms with van der Waals surface area (Å²) in [7, 11) is 0. The molecule has 3 N–H and O–H groups in total. The van der Waals surface area contributed by atoms with E-state index < -0.39 is 5.60 Å². The summed E-state index contributed by atoms with van der Waals surface area (Å²) in [5.74, 6) is 2.13. The number of fused-ring (bicyclic) bond motifs is 2. The molecule has 8 nitrogen and oxygen atoms in total. The molecular weight excluding hydrogens is 430 g/mol. The lowest BCUT2D eigenvalue weighted by atomic mass is 9.84. The molecule has 2 atom stereocenters. The van der Waals surface area contributed by atoms with Gasteiger partial charge in [-0.3, -0.25) is 0 Å². The lowest BCUT2D eigenvalue weighted by Gasteiger charge is -2.36. The molecule has 0 saturated heterocycles. The summed E-state index contributed by atoms with van der Waals surface area (Å²) in [5, 5.41) is 5.08. The average Bonchev–Trinajstić information content (AvgIpc) is 2.76. The predicted molar refractivity (Wildman–Crippen MR) is 130 cm³/mol. The molecule has 0 aromatic carbocycles. The molecule has 0 radical (unpaired) electrons. The summed E-state index contributed by atoms with van der Waals surface area (Å²) in [6.07, 6.45) is 5.84. The minimum absolute atomic E-state index is 0.0452. The highest BCUT2D eigenvalue weighted by atomic mass is 16.6. The Bertz CT molecular complexity index is 1270. The van der Waals surface area contributed by atoms with Crippen LogP contribution < -0.4 is 15.8 Å². The maximum Gasteiger partial charge on any atom is 0.340 e. The molecule has 0 spiro atoms. The average molecular weight is 462 g/mol. The van der Waals surface area contributed by atoms with E-state index in [1.165, 1.54) is 0 Å². The van der Waals surface area contributed by atoms with Crippen molar-refractivity contribution in [3.05, 3.63) is 47.4 Å². The number of pyridine rings is 3. The zero-order valence-corrected chi connectivity index (χ0v) is 20.3. The van der Waals surface area contributed by atoms with E-state index in [2.05, 4.69) is 22.2 Å². The zero-order valence-electron chi connectivity index (χ0n) is 20.3. The molecule has 3 aromatic rings. The summed E-state index contributed by atoms with van der Waals surface area (Å²) < 4.78 is 11.7. The molecule has 1 fully saturated rings. The number of nitrogens with two attached hydrogens (primary N) is 1. The lowest BCUT2D eigenvalue weighted by molar-refractivity contribution is -0.0189. The van der Waals surface area contributed by atoms with Gasteiger partial charge in [0, 0.05) is 24.4 Å². The van der Waals surface area contributed by atoms with Crippen LogP contribution >= 0.6 is 0 Å². The minimum atomic E-state index is -0.620. The third kappa shape index (κ3) is 3.96. The van der Waals surface area contributed by atoms with Crippen LogP contribution in [0.2, 0.25) is 0 Å². The van der Waals surface area contributed by atoms with Crippen molar-refractivity contribution in [1.29, 1.82) is 0 Å². The molecule has 1 aliphatic carbocycles. The lowest BCUT2D eigenvalue weighted by Crippen LogP contribution is -2.39. The van der Waals surface area contributed by atoms with Crippen molar-refractivity contribution < 1.29 is 14.3 Å². The van der Waals surface area contributed by atoms with Gasteiger partial charge in [-0.05, 0) is 68.7 Å². The van der Waals surface area contributed by atoms with Crippen LogP contribution in [0.3, 0.4) is 0 Å². The van der Waals surface area contributed by atoms with Gasteiger partial charge in [0.15, 0.2) is 0 Å². The normalized spacial score (nSPS) is 24.1. The molecule has 8 heteroatoms. The highest BCUT2D eigenvalue weighted by Crippen LogP contribution is 2.38. The smallest absolute Gasteiger partial charge is 0.340 e. The van der Waals surface area contributed by atoms with Crippen LogP contribution in [-0.4, -0.2) is 32.6 Å². The highest BCUT2D eigenvalue weighted by molar-refractivity contribution is 5.93. The van der Waals surface area contributed by atoms with Gasteiger partial charge < -0.3 is 20.5 Å². The molecule has 4 heterocycles. The van der Waals surface area contributed by atoms with Crippen LogP contribution in [0, 0.1) is 5.92 Å². The minimum Gasteiger partial charge on any atom is -0.474 e. The van der Waals surface area contributed by atoms with Gasteiger partial charge >= 0.3 is 5.97 Å². The number of anilines is 2. The van der Waals surface area contributed by atoms with E-state index in [0.29, 0.717) is 29.0 Å². The molecule has 1 aliphatic heterocycles. The SMILES string of the molecule is CC(N)c1cnc(O[C@H]2C[C@@H](C)C2)c2cnc(Nc3ccc4c(n3)C(C)C(C)(C)OC4=O)cc12. The molecule has 3 aromatic heterocycles. The van der Waals surface area contributed by atoms with Crippen molar-refractivity contribution in [2.24, 2.45) is 11.7 Å². The summed E-state index contributed by atoms with van der Waals surface area (Å²) in [6.45, 7) is 9.98. The van der Waals surface area contributed by atoms with Crippen molar-refractivity contribution in [2.45, 2.75) is 71.1 Å². The number of rotatable bonds is 5. The van der Waals surface area contributed by atoms with Gasteiger partial charge in [-0.15, -0.1) is 0 Å². The number of hydrogen-bond acceptors (Lipinski definition) is 8. The highest BCUT2D eigenvalue weighted by Gasteiger charge is 2.40. The third-order valence-electron chi connectivity index (χ3n) is 7.08. The van der Waals surface area contributed by atoms with Crippen molar-refractivity contribution in [3.63, 3.8) is 0 Å². The fourth-order valence-electron chi connectivity index (χ4n) is 4.63. The van der Waals surface area contributed by atoms with E-state index in [4.69, 9.17) is 20.2 Å². The Morgan fingerprint density at radius 3 is 2.62 bits per heavy atom. The van der Waals surface area contributed by atoms with Gasteiger partial charge in [0.1, 0.15) is 23.3 Å². The zero-order chi connectivity index (χ0) is 24.2. The summed E-state index contributed by atoms with van der Waals surface area (Å²) in [4.78, 5) is 26.3. The Morgan fingerprint density at radius 1 is 1.15 bits per heavy atom. The number of esters is 1. The van der Waals surface area contributed by atoms with Crippen LogP contribution in [-0.2, 0) is 4.74 Å². The number of ether oxygens (including phenoxy) is 2. The Morgan fingerprint density at radius 2 is 1.91 bits per heavy atom. The van der Waals surface area contributed by atoms with Crippen LogP contribution in [0.25, 0.3) is 10.8 Å². The van der Waals surface area contributed by atoms with E-state index in [1.807, 2.05) is 33.8 Å². The molecular formula is C26H31N5O3. The van der Waals surface area contributed by atoms with Crippen molar-refractivity contribution in [2.75, 3.05) is 5.32 Å². The predicted octanol–water partition coefficient (Wildman–Crippen LogP) is 5.02. The van der Waals surface area contributed by atoms with Crippen LogP contribution in [0.15, 0.2) is 30.6 Å². The maximum atomic E-state index is 12.4. The molecule has 34 heavy (non-hydrogen) atoms. The first kappa shape index (κ1) is 22.5. The number of aromatic nitrogens is 3. The standard InChI is InChI=1S/C26H31N5O3/c1-13-8-16(9-13)33-24-20-12-28-22(10-18(20)19(11-29-24)15(3)27)30-21-7-6-17-23(31-21)14(2)26(4,5)34-25(17)32/h6-7,10-16H,8-9,27H2,1-5H3,(H,28,30,31)/t13-,14?,15?,16+. The van der Waals surface area contributed by atoms with Gasteiger partial charge in [-0.1, -0.05) is 13.8 Å². The number of nitrogens with one attached hydrogen (secondary N) is 1. The van der Waals surface area contributed by atoms with Gasteiger partial charge in [-0.2, -0.15) is 0 Å². The fourth-order valence-corrected chi connectivity index (χ4v) is 4.63. The molecule has 0 amide bonds. The monoisotopic (exact) mass is 461 g/mol. The number of carbonyl (C=O) groups excluding carboxylic acids is 1. The van der Waals surface area contributed by atoms with Gasteiger partial charge in [-0.25, -0.2) is 19.7 Å². The largest absolute Gasteiger partial charge is 0.474 e. The Balaban J connectivity index is 1.48. The third-order valence-corrected chi connectivity index (χ3v) is 7.08. The fraction of sp³-hybridized carbons (Fsp3) is 0.462. The van der Waals surface area contributed by atoms with E-state index in [-0.39, 0.29) is 24.0 Å². The van der Waals surface area contributed by atoms with E-state index in [0.717, 1.165) is 34.9 Å². The first-order valence-corrected chi connectivity index (χ1v) is 11.8. The first-order valence-electron chi connectivity index (χ1n) is 11.8. The molecule has 0 bridgehead atoms. The summed E-state index contributed by atoms with van der Waals surface area (Å²) in [6, 6.07) is 5.28. The van der Waals surface area contributed by atoms with Crippen molar-refractivity contribution in [1.82, 2.24) is 15.0 Å². The molecule has 2 unspecified atom stereocenters. The number of cyclic esters (lactones) is 1. The summed E-state index contributed by atoms with van der Waals surface area (Å²) >= 11 is 0. The van der Waals surface area contributed by atoms with E-state index >= 15 is 0 Å². The Kier molecular flexibility index (Phi) is 5.43. The van der Waals surface area contributed by atoms with Crippen LogP contribution in [0.5, 0.6) is 5.88 Å². The molecule has 5 rings (SSSR count). The van der Waals surface area contributed by atoms with Gasteiger partial charge in [0.05, 0.1) is 16.6 Å². The quantitative estimate of drug-likeness (QED) is 0.510. The second-order valence-electron chi connectivity index (χ2n) is 10.2. The number of nitrogens with zero attached hydrogens (tertiary/aromatic N) is 3. The Hall–Kier alpha value is -3.26. The Labute approximate surface area is 199 Å². The topological polar surface area (TPSA) is 112 Å². The molecule has 1 saturated carbocycles. The summed E-state index contributed by atoms with van der Waals surface area (Å²) in [5.41, 5.74) is 7.77. The maximum absolute atomic E-state index is 12.4. The number of hydrogen-bond donors (Lipinski definition) is 2.